The van der Waals surface area contributed by atoms with Crippen molar-refractivity contribution in [3.8, 4) is 11.6 Å². The second-order valence-corrected chi connectivity index (χ2v) is 5.38. The summed E-state index contributed by atoms with van der Waals surface area (Å²) >= 11 is 0. The first-order chi connectivity index (χ1) is 11.5. The van der Waals surface area contributed by atoms with E-state index in [1.165, 1.54) is 10.9 Å². The number of nitro groups is 1. The predicted molar refractivity (Wildman–Crippen MR) is 83.3 cm³/mol. The Balaban J connectivity index is 1.79. The van der Waals surface area contributed by atoms with E-state index in [-0.39, 0.29) is 17.3 Å². The maximum atomic E-state index is 11.1. The summed E-state index contributed by atoms with van der Waals surface area (Å²) in [5.74, 6) is 0.440. The van der Waals surface area contributed by atoms with Gasteiger partial charge in [-0.15, -0.1) is 10.2 Å². The van der Waals surface area contributed by atoms with Gasteiger partial charge in [-0.2, -0.15) is 10.2 Å². The van der Waals surface area contributed by atoms with Crippen LogP contribution in [-0.2, 0) is 19.5 Å². The van der Waals surface area contributed by atoms with Crippen LogP contribution in [-0.4, -0.2) is 34.7 Å². The quantitative estimate of drug-likeness (QED) is 0.500. The van der Waals surface area contributed by atoms with Crippen LogP contribution in [0.4, 0.5) is 5.69 Å². The Hall–Kier alpha value is -3.04. The third kappa shape index (κ3) is 3.03. The van der Waals surface area contributed by atoms with Crippen molar-refractivity contribution >= 4 is 5.69 Å². The lowest BCUT2D eigenvalue weighted by Gasteiger charge is -2.00. The zero-order chi connectivity index (χ0) is 17.3. The van der Waals surface area contributed by atoms with E-state index >= 15 is 0 Å². The van der Waals surface area contributed by atoms with Crippen LogP contribution in [0.1, 0.15) is 24.2 Å². The summed E-state index contributed by atoms with van der Waals surface area (Å²) in [7, 11) is 0. The van der Waals surface area contributed by atoms with E-state index in [2.05, 4.69) is 20.4 Å². The van der Waals surface area contributed by atoms with E-state index in [0.29, 0.717) is 25.4 Å². The number of aryl methyl sites for hydroxylation is 5. The molecule has 24 heavy (non-hydrogen) atoms. The summed E-state index contributed by atoms with van der Waals surface area (Å²) in [6.07, 6.45) is 1.84. The van der Waals surface area contributed by atoms with Crippen LogP contribution in [0.3, 0.4) is 0 Å². The topological polar surface area (TPSA) is 118 Å². The molecule has 3 rings (SSSR count). The Morgan fingerprint density at radius 3 is 2.71 bits per heavy atom. The van der Waals surface area contributed by atoms with Crippen LogP contribution in [0.25, 0.3) is 11.6 Å². The van der Waals surface area contributed by atoms with Gasteiger partial charge in [0.25, 0.3) is 5.89 Å². The smallest absolute Gasteiger partial charge is 0.320 e. The fraction of sp³-hybridized carbons (Fsp3) is 0.429. The Morgan fingerprint density at radius 1 is 1.29 bits per heavy atom. The first-order valence-corrected chi connectivity index (χ1v) is 7.53. The molecule has 0 fully saturated rings. The van der Waals surface area contributed by atoms with Gasteiger partial charge in [0.05, 0.1) is 10.6 Å². The van der Waals surface area contributed by atoms with Gasteiger partial charge in [-0.3, -0.25) is 19.5 Å². The minimum Gasteiger partial charge on any atom is -0.419 e. The first kappa shape index (κ1) is 15.8. The average molecular weight is 331 g/mol. The van der Waals surface area contributed by atoms with Crippen LogP contribution in [0.15, 0.2) is 16.7 Å². The molecule has 3 aromatic heterocycles. The lowest BCUT2D eigenvalue weighted by atomic mass is 10.4. The van der Waals surface area contributed by atoms with E-state index in [1.807, 2.05) is 31.5 Å². The average Bonchev–Trinajstić information content (AvgIpc) is 3.23. The van der Waals surface area contributed by atoms with Gasteiger partial charge in [-0.1, -0.05) is 0 Å². The van der Waals surface area contributed by atoms with Crippen molar-refractivity contribution in [2.24, 2.45) is 0 Å². The molecule has 0 atom stereocenters. The van der Waals surface area contributed by atoms with Crippen LogP contribution in [0.2, 0.25) is 0 Å². The second-order valence-electron chi connectivity index (χ2n) is 5.38. The molecule has 3 heterocycles. The molecule has 10 nitrogen and oxygen atoms in total. The van der Waals surface area contributed by atoms with Gasteiger partial charge >= 0.3 is 5.69 Å². The molecule has 0 aliphatic carbocycles. The maximum absolute atomic E-state index is 11.1. The number of hydrogen-bond acceptors (Lipinski definition) is 7. The van der Waals surface area contributed by atoms with Crippen molar-refractivity contribution < 1.29 is 9.34 Å². The summed E-state index contributed by atoms with van der Waals surface area (Å²) in [4.78, 5) is 10.6. The summed E-state index contributed by atoms with van der Waals surface area (Å²) in [6.45, 7) is 6.85. The molecule has 126 valence electrons. The molecule has 0 spiro atoms. The third-order valence-electron chi connectivity index (χ3n) is 3.57. The predicted octanol–water partition coefficient (Wildman–Crippen LogP) is 1.92. The molecule has 0 radical (unpaired) electrons. The van der Waals surface area contributed by atoms with Gasteiger partial charge in [0, 0.05) is 25.2 Å². The third-order valence-corrected chi connectivity index (χ3v) is 3.57. The molecule has 0 aliphatic rings. The molecule has 0 N–H and O–H groups in total. The molecule has 0 saturated carbocycles. The van der Waals surface area contributed by atoms with Crippen LogP contribution in [0.5, 0.6) is 0 Å². The summed E-state index contributed by atoms with van der Waals surface area (Å²) in [6, 6.07) is 1.99. The van der Waals surface area contributed by atoms with Gasteiger partial charge in [0.2, 0.25) is 11.6 Å². The van der Waals surface area contributed by atoms with E-state index in [9.17, 15) is 10.1 Å². The van der Waals surface area contributed by atoms with Crippen LogP contribution >= 0.6 is 0 Å². The standard InChI is InChI=1S/C14H17N7O3/c1-4-19-8-11(21(22)23)13(18-19)14-16-15-12(24-14)5-6-20-10(3)7-9(2)17-20/h7-8H,4-6H2,1-3H3. The highest BCUT2D eigenvalue weighted by Gasteiger charge is 2.25. The largest absolute Gasteiger partial charge is 0.419 e. The van der Waals surface area contributed by atoms with Crippen molar-refractivity contribution in [1.29, 1.82) is 0 Å². The fourth-order valence-corrected chi connectivity index (χ4v) is 2.41. The molecule has 0 aliphatic heterocycles. The lowest BCUT2D eigenvalue weighted by Crippen LogP contribution is -2.05. The van der Waals surface area contributed by atoms with Crippen molar-refractivity contribution in [2.45, 2.75) is 40.3 Å². The summed E-state index contributed by atoms with van der Waals surface area (Å²) in [5.41, 5.74) is 1.93. The molecule has 0 saturated heterocycles. The van der Waals surface area contributed by atoms with Gasteiger partial charge in [0.15, 0.2) is 0 Å². The molecule has 0 bridgehead atoms. The molecule has 0 aromatic carbocycles. The zero-order valence-electron chi connectivity index (χ0n) is 13.6. The molecule has 0 amide bonds. The van der Waals surface area contributed by atoms with Crippen molar-refractivity contribution in [2.75, 3.05) is 0 Å². The van der Waals surface area contributed by atoms with Gasteiger partial charge in [-0.25, -0.2) is 0 Å². The van der Waals surface area contributed by atoms with Crippen molar-refractivity contribution in [3.05, 3.63) is 39.7 Å². The minimum absolute atomic E-state index is 0.0530. The zero-order valence-corrected chi connectivity index (χ0v) is 13.6. The van der Waals surface area contributed by atoms with Gasteiger partial charge in [0.1, 0.15) is 6.20 Å². The molecule has 10 heteroatoms. The number of hydrogen-bond donors (Lipinski definition) is 0. The highest BCUT2D eigenvalue weighted by atomic mass is 16.6. The second kappa shape index (κ2) is 6.22. The summed E-state index contributed by atoms with van der Waals surface area (Å²) < 4.78 is 8.86. The molecular weight excluding hydrogens is 314 g/mol. The number of nitrogens with zero attached hydrogens (tertiary/aromatic N) is 7. The monoisotopic (exact) mass is 331 g/mol. The van der Waals surface area contributed by atoms with Crippen LogP contribution in [0, 0.1) is 24.0 Å². The highest BCUT2D eigenvalue weighted by molar-refractivity contribution is 5.60. The Labute approximate surface area is 137 Å². The highest BCUT2D eigenvalue weighted by Crippen LogP contribution is 2.27. The fourth-order valence-electron chi connectivity index (χ4n) is 2.41. The SMILES string of the molecule is CCn1cc([N+](=O)[O-])c(-c2nnc(CCn3nc(C)cc3C)o2)n1. The van der Waals surface area contributed by atoms with Crippen LogP contribution < -0.4 is 0 Å². The van der Waals surface area contributed by atoms with Gasteiger partial charge in [-0.05, 0) is 26.8 Å². The normalized spacial score (nSPS) is 11.1. The molecule has 0 unspecified atom stereocenters. The maximum Gasteiger partial charge on any atom is 0.320 e. The van der Waals surface area contributed by atoms with E-state index in [0.717, 1.165) is 11.4 Å². The van der Waals surface area contributed by atoms with Gasteiger partial charge < -0.3 is 4.42 Å². The van der Waals surface area contributed by atoms with E-state index in [1.54, 1.807) is 0 Å². The van der Waals surface area contributed by atoms with Crippen molar-refractivity contribution in [1.82, 2.24) is 29.8 Å². The number of aromatic nitrogens is 6. The number of rotatable bonds is 6. The Bertz CT molecular complexity index is 877. The van der Waals surface area contributed by atoms with E-state index < -0.39 is 4.92 Å². The lowest BCUT2D eigenvalue weighted by molar-refractivity contribution is -0.384. The Morgan fingerprint density at radius 2 is 2.08 bits per heavy atom. The summed E-state index contributed by atoms with van der Waals surface area (Å²) in [5, 5.41) is 27.5. The Kier molecular flexibility index (Phi) is 4.11. The van der Waals surface area contributed by atoms with Crippen molar-refractivity contribution in [3.63, 3.8) is 0 Å². The van der Waals surface area contributed by atoms with E-state index in [4.69, 9.17) is 4.42 Å². The molecule has 3 aromatic rings. The first-order valence-electron chi connectivity index (χ1n) is 7.53. The minimum atomic E-state index is -0.506. The molecular formula is C14H17N7O3.